The Balaban J connectivity index is 1.71. The summed E-state index contributed by atoms with van der Waals surface area (Å²) in [5.41, 5.74) is 1.40. The van der Waals surface area contributed by atoms with Gasteiger partial charge in [0.05, 0.1) is 12.7 Å². The summed E-state index contributed by atoms with van der Waals surface area (Å²) in [6, 6.07) is 0. The predicted octanol–water partition coefficient (Wildman–Crippen LogP) is 2.93. The SMILES string of the molecule is C=C1CCOC(C2CC3C=CC2C3)C1. The molecule has 0 aromatic carbocycles. The molecule has 0 spiro atoms. The van der Waals surface area contributed by atoms with Crippen LogP contribution in [-0.4, -0.2) is 12.7 Å². The van der Waals surface area contributed by atoms with Gasteiger partial charge in [-0.25, -0.2) is 0 Å². The Bertz CT molecular complexity index is 279. The lowest BCUT2D eigenvalue weighted by molar-refractivity contribution is -0.0106. The van der Waals surface area contributed by atoms with Gasteiger partial charge < -0.3 is 4.74 Å². The third-order valence-electron chi connectivity index (χ3n) is 4.09. The minimum atomic E-state index is 0.483. The number of fused-ring (bicyclic) bond motifs is 2. The molecule has 3 aliphatic rings. The summed E-state index contributed by atoms with van der Waals surface area (Å²) in [7, 11) is 0. The van der Waals surface area contributed by atoms with Gasteiger partial charge in [-0.15, -0.1) is 0 Å². The van der Waals surface area contributed by atoms with Gasteiger partial charge in [0.2, 0.25) is 0 Å². The van der Waals surface area contributed by atoms with Crippen molar-refractivity contribution in [2.75, 3.05) is 6.61 Å². The fourth-order valence-corrected chi connectivity index (χ4v) is 3.33. The molecule has 76 valence electrons. The highest BCUT2D eigenvalue weighted by Gasteiger charge is 2.41. The zero-order valence-electron chi connectivity index (χ0n) is 8.61. The van der Waals surface area contributed by atoms with E-state index in [4.69, 9.17) is 4.74 Å². The summed E-state index contributed by atoms with van der Waals surface area (Å²) in [5, 5.41) is 0. The normalized spacial score (nSPS) is 46.1. The van der Waals surface area contributed by atoms with Gasteiger partial charge in [0.1, 0.15) is 0 Å². The highest BCUT2D eigenvalue weighted by molar-refractivity contribution is 5.13. The average Bonchev–Trinajstić information content (AvgIpc) is 2.78. The molecule has 1 aliphatic heterocycles. The number of allylic oxidation sites excluding steroid dienone is 2. The molecule has 1 heterocycles. The van der Waals surface area contributed by atoms with Gasteiger partial charge in [-0.2, -0.15) is 0 Å². The van der Waals surface area contributed by atoms with Crippen LogP contribution in [0.4, 0.5) is 0 Å². The van der Waals surface area contributed by atoms with E-state index in [0.29, 0.717) is 6.10 Å². The lowest BCUT2D eigenvalue weighted by atomic mass is 9.84. The van der Waals surface area contributed by atoms with E-state index in [9.17, 15) is 0 Å². The molecule has 1 nitrogen and oxygen atoms in total. The van der Waals surface area contributed by atoms with E-state index in [1.54, 1.807) is 0 Å². The van der Waals surface area contributed by atoms with E-state index in [1.165, 1.54) is 18.4 Å². The minimum absolute atomic E-state index is 0.483. The largest absolute Gasteiger partial charge is 0.377 e. The summed E-state index contributed by atoms with van der Waals surface area (Å²) in [6.07, 6.45) is 10.2. The standard InChI is InChI=1S/C13H18O/c1-9-4-5-14-13(6-9)12-8-10-2-3-11(12)7-10/h2-3,10-13H,1,4-8H2. The van der Waals surface area contributed by atoms with Crippen LogP contribution in [0.3, 0.4) is 0 Å². The smallest absolute Gasteiger partial charge is 0.0646 e. The molecule has 0 aromatic rings. The highest BCUT2D eigenvalue weighted by Crippen LogP contribution is 2.47. The molecule has 0 N–H and O–H groups in total. The minimum Gasteiger partial charge on any atom is -0.377 e. The van der Waals surface area contributed by atoms with Crippen molar-refractivity contribution in [3.8, 4) is 0 Å². The van der Waals surface area contributed by atoms with Crippen molar-refractivity contribution < 1.29 is 4.74 Å². The highest BCUT2D eigenvalue weighted by atomic mass is 16.5. The van der Waals surface area contributed by atoms with Crippen molar-refractivity contribution in [1.29, 1.82) is 0 Å². The first-order valence-corrected chi connectivity index (χ1v) is 5.79. The van der Waals surface area contributed by atoms with E-state index < -0.39 is 0 Å². The number of hydrogen-bond acceptors (Lipinski definition) is 1. The zero-order valence-corrected chi connectivity index (χ0v) is 8.61. The number of rotatable bonds is 1. The quantitative estimate of drug-likeness (QED) is 0.578. The van der Waals surface area contributed by atoms with Crippen molar-refractivity contribution in [3.05, 3.63) is 24.3 Å². The van der Waals surface area contributed by atoms with Crippen LogP contribution in [0.1, 0.15) is 25.7 Å². The van der Waals surface area contributed by atoms with Crippen molar-refractivity contribution in [1.82, 2.24) is 0 Å². The molecule has 0 aromatic heterocycles. The summed E-state index contributed by atoms with van der Waals surface area (Å²) < 4.78 is 5.89. The van der Waals surface area contributed by atoms with E-state index in [2.05, 4.69) is 18.7 Å². The Morgan fingerprint density at radius 1 is 1.29 bits per heavy atom. The molecule has 0 radical (unpaired) electrons. The average molecular weight is 190 g/mol. The lowest BCUT2D eigenvalue weighted by Crippen LogP contribution is -2.31. The predicted molar refractivity (Wildman–Crippen MR) is 57.0 cm³/mol. The van der Waals surface area contributed by atoms with Gasteiger partial charge >= 0.3 is 0 Å². The molecule has 4 unspecified atom stereocenters. The first-order chi connectivity index (χ1) is 6.83. The van der Waals surface area contributed by atoms with E-state index >= 15 is 0 Å². The second-order valence-corrected chi connectivity index (χ2v) is 5.06. The Labute approximate surface area is 85.8 Å². The number of hydrogen-bond donors (Lipinski definition) is 0. The van der Waals surface area contributed by atoms with Crippen molar-refractivity contribution >= 4 is 0 Å². The summed E-state index contributed by atoms with van der Waals surface area (Å²) >= 11 is 0. The summed E-state index contributed by atoms with van der Waals surface area (Å²) in [4.78, 5) is 0. The van der Waals surface area contributed by atoms with Crippen LogP contribution in [-0.2, 0) is 4.74 Å². The Hall–Kier alpha value is -0.560. The van der Waals surface area contributed by atoms with Crippen molar-refractivity contribution in [2.45, 2.75) is 31.8 Å². The first-order valence-electron chi connectivity index (χ1n) is 5.79. The monoisotopic (exact) mass is 190 g/mol. The zero-order chi connectivity index (χ0) is 9.54. The summed E-state index contributed by atoms with van der Waals surface area (Å²) in [6.45, 7) is 5.00. The second-order valence-electron chi connectivity index (χ2n) is 5.06. The molecule has 14 heavy (non-hydrogen) atoms. The third kappa shape index (κ3) is 1.35. The molecule has 4 atom stereocenters. The van der Waals surface area contributed by atoms with Crippen molar-refractivity contribution in [3.63, 3.8) is 0 Å². The van der Waals surface area contributed by atoms with Crippen LogP contribution in [0.5, 0.6) is 0 Å². The fraction of sp³-hybridized carbons (Fsp3) is 0.692. The molecule has 2 bridgehead atoms. The lowest BCUT2D eigenvalue weighted by Gasteiger charge is -2.32. The second kappa shape index (κ2) is 3.23. The Morgan fingerprint density at radius 3 is 2.86 bits per heavy atom. The maximum Gasteiger partial charge on any atom is 0.0646 e. The van der Waals surface area contributed by atoms with E-state index in [0.717, 1.165) is 37.2 Å². The van der Waals surface area contributed by atoms with Crippen LogP contribution < -0.4 is 0 Å². The molecule has 2 aliphatic carbocycles. The maximum atomic E-state index is 5.89. The van der Waals surface area contributed by atoms with E-state index in [1.807, 2.05) is 0 Å². The van der Waals surface area contributed by atoms with Gasteiger partial charge in [0.25, 0.3) is 0 Å². The maximum absolute atomic E-state index is 5.89. The van der Waals surface area contributed by atoms with Gasteiger partial charge in [-0.3, -0.25) is 0 Å². The third-order valence-corrected chi connectivity index (χ3v) is 4.09. The van der Waals surface area contributed by atoms with Gasteiger partial charge in [0, 0.05) is 0 Å². The van der Waals surface area contributed by atoms with Crippen LogP contribution in [0.2, 0.25) is 0 Å². The molecule has 1 saturated heterocycles. The van der Waals surface area contributed by atoms with Gasteiger partial charge in [0.15, 0.2) is 0 Å². The molecule has 2 fully saturated rings. The molecular formula is C13H18O. The van der Waals surface area contributed by atoms with Crippen LogP contribution >= 0.6 is 0 Å². The van der Waals surface area contributed by atoms with Crippen LogP contribution in [0.25, 0.3) is 0 Å². The fourth-order valence-electron chi connectivity index (χ4n) is 3.33. The number of ether oxygens (including phenoxy) is 1. The van der Waals surface area contributed by atoms with Crippen molar-refractivity contribution in [2.24, 2.45) is 17.8 Å². The molecule has 3 rings (SSSR count). The van der Waals surface area contributed by atoms with Gasteiger partial charge in [-0.05, 0) is 43.4 Å². The Morgan fingerprint density at radius 2 is 2.21 bits per heavy atom. The topological polar surface area (TPSA) is 9.23 Å². The molecule has 1 heteroatoms. The molecule has 1 saturated carbocycles. The first kappa shape index (κ1) is 8.72. The van der Waals surface area contributed by atoms with E-state index in [-0.39, 0.29) is 0 Å². The van der Waals surface area contributed by atoms with Crippen LogP contribution in [0.15, 0.2) is 24.3 Å². The van der Waals surface area contributed by atoms with Crippen LogP contribution in [0, 0.1) is 17.8 Å². The molecular weight excluding hydrogens is 172 g/mol. The van der Waals surface area contributed by atoms with Gasteiger partial charge in [-0.1, -0.05) is 24.3 Å². The summed E-state index contributed by atoms with van der Waals surface area (Å²) in [5.74, 6) is 2.47. The molecule has 0 amide bonds. The Kier molecular flexibility index (Phi) is 2.01.